The smallest absolute Gasteiger partial charge is 0.223 e. The van der Waals surface area contributed by atoms with Gasteiger partial charge in [0.25, 0.3) is 0 Å². The molecule has 1 amide bonds. The number of aromatic amines is 1. The van der Waals surface area contributed by atoms with Crippen molar-refractivity contribution < 1.29 is 9.53 Å². The third-order valence-corrected chi connectivity index (χ3v) is 5.28. The normalized spacial score (nSPS) is 14.1. The van der Waals surface area contributed by atoms with Gasteiger partial charge in [0.05, 0.1) is 12.8 Å². The molecule has 0 atom stereocenters. The Labute approximate surface area is 170 Å². The topological polar surface area (TPSA) is 74.3 Å². The molecule has 0 spiro atoms. The van der Waals surface area contributed by atoms with E-state index in [1.54, 1.807) is 13.3 Å². The molecule has 1 saturated heterocycles. The van der Waals surface area contributed by atoms with E-state index in [-0.39, 0.29) is 5.91 Å². The van der Waals surface area contributed by atoms with Crippen molar-refractivity contribution >= 4 is 11.7 Å². The van der Waals surface area contributed by atoms with Gasteiger partial charge in [-0.3, -0.25) is 14.9 Å². The summed E-state index contributed by atoms with van der Waals surface area (Å²) in [7, 11) is 1.65. The highest BCUT2D eigenvalue weighted by Crippen LogP contribution is 2.22. The summed E-state index contributed by atoms with van der Waals surface area (Å²) in [5, 5.41) is 7.51. The lowest BCUT2D eigenvalue weighted by molar-refractivity contribution is -0.131. The maximum Gasteiger partial charge on any atom is 0.223 e. The fraction of sp³-hybridized carbons (Fsp3) is 0.318. The number of nitrogens with zero attached hydrogens (tertiary/aromatic N) is 4. The van der Waals surface area contributed by atoms with Gasteiger partial charge in [0, 0.05) is 56.6 Å². The summed E-state index contributed by atoms with van der Waals surface area (Å²) >= 11 is 0. The summed E-state index contributed by atoms with van der Waals surface area (Å²) in [5.74, 6) is 1.95. The van der Waals surface area contributed by atoms with E-state index in [1.807, 2.05) is 53.6 Å². The molecule has 1 aliphatic heterocycles. The molecule has 2 aromatic heterocycles. The van der Waals surface area contributed by atoms with Crippen LogP contribution in [0.3, 0.4) is 0 Å². The number of aromatic nitrogens is 3. The molecule has 0 unspecified atom stereocenters. The van der Waals surface area contributed by atoms with E-state index in [0.29, 0.717) is 6.42 Å². The number of nitrogens with one attached hydrogen (secondary N) is 1. The second kappa shape index (κ2) is 8.77. The van der Waals surface area contributed by atoms with Gasteiger partial charge in [-0.1, -0.05) is 12.1 Å². The van der Waals surface area contributed by atoms with Crippen LogP contribution < -0.4 is 9.64 Å². The molecule has 7 nitrogen and oxygen atoms in total. The number of aryl methyl sites for hydroxylation is 1. The number of carbonyl (C=O) groups is 1. The van der Waals surface area contributed by atoms with Crippen LogP contribution in [0.1, 0.15) is 12.0 Å². The minimum atomic E-state index is 0.207. The fourth-order valence-corrected chi connectivity index (χ4v) is 3.53. The van der Waals surface area contributed by atoms with Crippen LogP contribution in [-0.4, -0.2) is 59.3 Å². The molecule has 1 fully saturated rings. The van der Waals surface area contributed by atoms with E-state index in [2.05, 4.69) is 20.1 Å². The van der Waals surface area contributed by atoms with Gasteiger partial charge in [0.2, 0.25) is 5.91 Å². The van der Waals surface area contributed by atoms with E-state index in [0.717, 1.165) is 61.0 Å². The molecule has 3 aromatic rings. The van der Waals surface area contributed by atoms with Crippen molar-refractivity contribution in [1.29, 1.82) is 0 Å². The minimum Gasteiger partial charge on any atom is -0.497 e. The Morgan fingerprint density at radius 2 is 1.93 bits per heavy atom. The van der Waals surface area contributed by atoms with Crippen molar-refractivity contribution in [2.75, 3.05) is 38.2 Å². The molecule has 1 aromatic carbocycles. The molecular formula is C22H25N5O2. The molecule has 1 aliphatic rings. The molecule has 4 rings (SSSR count). The first kappa shape index (κ1) is 19.0. The van der Waals surface area contributed by atoms with Crippen LogP contribution in [0.25, 0.3) is 11.3 Å². The first-order valence-electron chi connectivity index (χ1n) is 9.84. The highest BCUT2D eigenvalue weighted by atomic mass is 16.5. The second-order valence-corrected chi connectivity index (χ2v) is 7.10. The number of anilines is 1. The lowest BCUT2D eigenvalue weighted by atomic mass is 10.1. The number of methoxy groups -OCH3 is 1. The zero-order chi connectivity index (χ0) is 20.1. The molecule has 0 radical (unpaired) electrons. The number of piperazine rings is 1. The third kappa shape index (κ3) is 4.56. The summed E-state index contributed by atoms with van der Waals surface area (Å²) < 4.78 is 5.17. The largest absolute Gasteiger partial charge is 0.497 e. The van der Waals surface area contributed by atoms with Gasteiger partial charge < -0.3 is 14.5 Å². The van der Waals surface area contributed by atoms with Gasteiger partial charge in [-0.15, -0.1) is 0 Å². The monoisotopic (exact) mass is 391 g/mol. The summed E-state index contributed by atoms with van der Waals surface area (Å²) in [6, 6.07) is 13.8. The van der Waals surface area contributed by atoms with Crippen LogP contribution in [0.15, 0.2) is 54.9 Å². The van der Waals surface area contributed by atoms with Gasteiger partial charge in [0.15, 0.2) is 5.82 Å². The molecule has 0 saturated carbocycles. The zero-order valence-electron chi connectivity index (χ0n) is 16.5. The second-order valence-electron chi connectivity index (χ2n) is 7.10. The van der Waals surface area contributed by atoms with Crippen LogP contribution in [0, 0.1) is 0 Å². The number of amides is 1. The standard InChI is InChI=1S/C22H25N5O2/c1-29-19-7-4-17(5-8-19)6-9-22(28)27-13-11-26(12-14-27)21-15-20(24-25-21)18-3-2-10-23-16-18/h2-5,7-8,10,15-16H,6,9,11-14H2,1H3,(H,24,25). The maximum absolute atomic E-state index is 12.6. The molecular weight excluding hydrogens is 366 g/mol. The summed E-state index contributed by atoms with van der Waals surface area (Å²) in [6.07, 6.45) is 4.85. The SMILES string of the molecule is COc1ccc(CCC(=O)N2CCN(c3cc(-c4cccnc4)[nH]n3)CC2)cc1. The lowest BCUT2D eigenvalue weighted by Gasteiger charge is -2.34. The Kier molecular flexibility index (Phi) is 5.74. The first-order chi connectivity index (χ1) is 14.2. The highest BCUT2D eigenvalue weighted by molar-refractivity contribution is 5.76. The Morgan fingerprint density at radius 3 is 2.62 bits per heavy atom. The molecule has 0 bridgehead atoms. The predicted molar refractivity (Wildman–Crippen MR) is 112 cm³/mol. The summed E-state index contributed by atoms with van der Waals surface area (Å²) in [6.45, 7) is 3.00. The van der Waals surface area contributed by atoms with E-state index in [4.69, 9.17) is 4.74 Å². The van der Waals surface area contributed by atoms with Gasteiger partial charge in [-0.25, -0.2) is 0 Å². The zero-order valence-corrected chi connectivity index (χ0v) is 16.5. The Morgan fingerprint density at radius 1 is 1.14 bits per heavy atom. The number of carbonyl (C=O) groups excluding carboxylic acids is 1. The molecule has 150 valence electrons. The van der Waals surface area contributed by atoms with Crippen LogP contribution in [-0.2, 0) is 11.2 Å². The average molecular weight is 391 g/mol. The molecule has 3 heterocycles. The van der Waals surface area contributed by atoms with Gasteiger partial charge in [-0.05, 0) is 36.2 Å². The highest BCUT2D eigenvalue weighted by Gasteiger charge is 2.22. The predicted octanol–water partition coefficient (Wildman–Crippen LogP) is 2.76. The maximum atomic E-state index is 12.6. The number of hydrogen-bond acceptors (Lipinski definition) is 5. The molecule has 1 N–H and O–H groups in total. The van der Waals surface area contributed by atoms with E-state index in [9.17, 15) is 4.79 Å². The van der Waals surface area contributed by atoms with Gasteiger partial charge in [0.1, 0.15) is 5.75 Å². The Hall–Kier alpha value is -3.35. The van der Waals surface area contributed by atoms with E-state index < -0.39 is 0 Å². The van der Waals surface area contributed by atoms with Crippen LogP contribution >= 0.6 is 0 Å². The fourth-order valence-electron chi connectivity index (χ4n) is 3.53. The average Bonchev–Trinajstić information content (AvgIpc) is 3.29. The van der Waals surface area contributed by atoms with Crippen LogP contribution in [0.5, 0.6) is 5.75 Å². The summed E-state index contributed by atoms with van der Waals surface area (Å²) in [5.41, 5.74) is 3.11. The van der Waals surface area contributed by atoms with Crippen molar-refractivity contribution in [3.05, 3.63) is 60.4 Å². The third-order valence-electron chi connectivity index (χ3n) is 5.28. The number of benzene rings is 1. The van der Waals surface area contributed by atoms with Crippen LogP contribution in [0.2, 0.25) is 0 Å². The van der Waals surface area contributed by atoms with Gasteiger partial charge >= 0.3 is 0 Å². The minimum absolute atomic E-state index is 0.207. The van der Waals surface area contributed by atoms with Crippen molar-refractivity contribution in [1.82, 2.24) is 20.1 Å². The quantitative estimate of drug-likeness (QED) is 0.699. The van der Waals surface area contributed by atoms with Crippen LogP contribution in [0.4, 0.5) is 5.82 Å². The van der Waals surface area contributed by atoms with Crippen molar-refractivity contribution in [2.45, 2.75) is 12.8 Å². The molecule has 0 aliphatic carbocycles. The molecule has 7 heteroatoms. The van der Waals surface area contributed by atoms with Gasteiger partial charge in [-0.2, -0.15) is 5.10 Å². The number of pyridine rings is 1. The van der Waals surface area contributed by atoms with Crippen molar-refractivity contribution in [3.63, 3.8) is 0 Å². The number of hydrogen-bond donors (Lipinski definition) is 1. The lowest BCUT2D eigenvalue weighted by Crippen LogP contribution is -2.49. The Balaban J connectivity index is 1.27. The Bertz CT molecular complexity index is 931. The van der Waals surface area contributed by atoms with E-state index >= 15 is 0 Å². The number of rotatable bonds is 6. The molecule has 29 heavy (non-hydrogen) atoms. The number of H-pyrrole nitrogens is 1. The summed E-state index contributed by atoms with van der Waals surface area (Å²) in [4.78, 5) is 20.9. The first-order valence-corrected chi connectivity index (χ1v) is 9.84. The number of ether oxygens (including phenoxy) is 1. The van der Waals surface area contributed by atoms with Crippen molar-refractivity contribution in [3.8, 4) is 17.0 Å². The van der Waals surface area contributed by atoms with Crippen molar-refractivity contribution in [2.24, 2.45) is 0 Å². The van der Waals surface area contributed by atoms with E-state index in [1.165, 1.54) is 0 Å².